The van der Waals surface area contributed by atoms with Crippen molar-refractivity contribution in [2.24, 2.45) is 0 Å². The third-order valence-electron chi connectivity index (χ3n) is 5.82. The summed E-state index contributed by atoms with van der Waals surface area (Å²) < 4.78 is 0. The number of carbonyl (C=O) groups is 1. The van der Waals surface area contributed by atoms with Crippen LogP contribution >= 0.6 is 23.2 Å². The molecule has 0 N–H and O–H groups in total. The highest BCUT2D eigenvalue weighted by molar-refractivity contribution is 6.33. The number of hydrogen-bond donors (Lipinski definition) is 0. The van der Waals surface area contributed by atoms with Gasteiger partial charge in [-0.25, -0.2) is 4.85 Å². The highest BCUT2D eigenvalue weighted by Gasteiger charge is 2.30. The molecule has 6 heteroatoms. The largest absolute Gasteiger partial charge is 0.361 e. The summed E-state index contributed by atoms with van der Waals surface area (Å²) in [7, 11) is 0. The van der Waals surface area contributed by atoms with E-state index in [1.807, 2.05) is 37.3 Å². The number of Topliss-reactive ketones (excluding diaryl/α,β-unsaturated/α-hetero) is 1. The van der Waals surface area contributed by atoms with Gasteiger partial charge in [-0.2, -0.15) is 0 Å². The van der Waals surface area contributed by atoms with Crippen molar-refractivity contribution >= 4 is 40.4 Å². The minimum atomic E-state index is 0.0403. The quantitative estimate of drug-likeness (QED) is 0.315. The molecule has 0 saturated carbocycles. The number of ketones is 1. The molecule has 0 amide bonds. The maximum absolute atomic E-state index is 12.9. The molecule has 4 nitrogen and oxygen atoms in total. The highest BCUT2D eigenvalue weighted by atomic mass is 35.5. The van der Waals surface area contributed by atoms with Crippen LogP contribution in [-0.4, -0.2) is 36.9 Å². The van der Waals surface area contributed by atoms with Gasteiger partial charge in [-0.1, -0.05) is 65.7 Å². The number of halogens is 2. The van der Waals surface area contributed by atoms with Gasteiger partial charge < -0.3 is 4.90 Å². The van der Waals surface area contributed by atoms with Crippen LogP contribution in [0.4, 0.5) is 11.4 Å². The number of carbonyl (C=O) groups excluding carboxylic acids is 1. The lowest BCUT2D eigenvalue weighted by Crippen LogP contribution is -2.50. The smallest absolute Gasteiger partial charge is 0.187 e. The molecule has 32 heavy (non-hydrogen) atoms. The molecule has 1 atom stereocenters. The molecule has 3 aromatic carbocycles. The topological polar surface area (TPSA) is 27.9 Å². The molecule has 162 valence electrons. The zero-order chi connectivity index (χ0) is 22.7. The van der Waals surface area contributed by atoms with E-state index in [1.165, 1.54) is 0 Å². The van der Waals surface area contributed by atoms with Crippen LogP contribution in [0.5, 0.6) is 0 Å². The van der Waals surface area contributed by atoms with E-state index in [1.54, 1.807) is 24.3 Å². The van der Waals surface area contributed by atoms with Crippen LogP contribution in [0, 0.1) is 13.5 Å². The van der Waals surface area contributed by atoms with Crippen molar-refractivity contribution < 1.29 is 4.79 Å². The van der Waals surface area contributed by atoms with Crippen molar-refractivity contribution in [3.8, 4) is 0 Å². The van der Waals surface area contributed by atoms with E-state index in [9.17, 15) is 4.79 Å². The molecular formula is C26H23Cl2N3O. The van der Waals surface area contributed by atoms with Gasteiger partial charge in [-0.15, -0.1) is 0 Å². The Hall–Kier alpha value is -2.84. The summed E-state index contributed by atoms with van der Waals surface area (Å²) in [5, 5.41) is 1.42. The van der Waals surface area contributed by atoms with Crippen LogP contribution in [-0.2, 0) is 0 Å². The second kappa shape index (κ2) is 9.75. The average molecular weight is 464 g/mol. The van der Waals surface area contributed by atoms with Crippen molar-refractivity contribution in [3.05, 3.63) is 105 Å². The summed E-state index contributed by atoms with van der Waals surface area (Å²) in [6, 6.07) is 20.9. The first-order valence-electron chi connectivity index (χ1n) is 10.5. The molecule has 0 bridgehead atoms. The fourth-order valence-corrected chi connectivity index (χ4v) is 4.57. The number of anilines is 1. The van der Waals surface area contributed by atoms with Gasteiger partial charge in [0.1, 0.15) is 0 Å². The number of rotatable bonds is 5. The second-order valence-electron chi connectivity index (χ2n) is 8.03. The van der Waals surface area contributed by atoms with Gasteiger partial charge in [0, 0.05) is 30.2 Å². The van der Waals surface area contributed by atoms with Crippen LogP contribution in [0.25, 0.3) is 4.85 Å². The fraction of sp³-hybridized carbons (Fsp3) is 0.231. The Morgan fingerprint density at radius 3 is 2.41 bits per heavy atom. The van der Waals surface area contributed by atoms with Crippen LogP contribution in [0.1, 0.15) is 27.5 Å². The number of aryl methyl sites for hydroxylation is 1. The first-order valence-corrected chi connectivity index (χ1v) is 11.2. The summed E-state index contributed by atoms with van der Waals surface area (Å²) in [5.74, 6) is 0.0539. The molecule has 0 spiro atoms. The van der Waals surface area contributed by atoms with E-state index >= 15 is 0 Å². The van der Waals surface area contributed by atoms with Gasteiger partial charge in [0.2, 0.25) is 0 Å². The number of benzene rings is 3. The summed E-state index contributed by atoms with van der Waals surface area (Å²) in [4.78, 5) is 20.8. The van der Waals surface area contributed by atoms with E-state index in [0.717, 1.165) is 34.9 Å². The molecule has 1 fully saturated rings. The average Bonchev–Trinajstić information content (AvgIpc) is 2.80. The number of hydrogen-bond acceptors (Lipinski definition) is 3. The van der Waals surface area contributed by atoms with Crippen LogP contribution in [0.2, 0.25) is 10.0 Å². The maximum Gasteiger partial charge on any atom is 0.187 e. The van der Waals surface area contributed by atoms with Gasteiger partial charge in [-0.05, 0) is 42.3 Å². The molecule has 0 unspecified atom stereocenters. The fourth-order valence-electron chi connectivity index (χ4n) is 4.10. The third-order valence-corrected chi connectivity index (χ3v) is 6.37. The minimum absolute atomic E-state index is 0.0403. The normalized spacial score (nSPS) is 16.6. The summed E-state index contributed by atoms with van der Waals surface area (Å²) in [5.41, 5.74) is 4.41. The molecule has 1 saturated heterocycles. The Morgan fingerprint density at radius 2 is 1.75 bits per heavy atom. The Morgan fingerprint density at radius 1 is 1.03 bits per heavy atom. The van der Waals surface area contributed by atoms with Crippen molar-refractivity contribution in [2.45, 2.75) is 13.0 Å². The van der Waals surface area contributed by atoms with Gasteiger partial charge >= 0.3 is 0 Å². The summed E-state index contributed by atoms with van der Waals surface area (Å²) >= 11 is 12.7. The number of nitrogens with zero attached hydrogens (tertiary/aromatic N) is 3. The monoisotopic (exact) mass is 463 g/mol. The lowest BCUT2D eigenvalue weighted by Gasteiger charge is -2.43. The van der Waals surface area contributed by atoms with Crippen molar-refractivity contribution in [1.29, 1.82) is 0 Å². The highest BCUT2D eigenvalue weighted by Crippen LogP contribution is 2.36. The van der Waals surface area contributed by atoms with E-state index in [4.69, 9.17) is 29.8 Å². The Kier molecular flexibility index (Phi) is 6.81. The summed E-state index contributed by atoms with van der Waals surface area (Å²) in [6.45, 7) is 11.6. The van der Waals surface area contributed by atoms with Gasteiger partial charge in [0.05, 0.1) is 29.9 Å². The lowest BCUT2D eigenvalue weighted by atomic mass is 10.00. The SMILES string of the molecule is [C-]#[N+]c1ccc(C(=O)CN2CCN(c3ccc(C)cc3Cl)[C@H](c3ccc(Cl)cc3)C2)cc1. The second-order valence-corrected chi connectivity index (χ2v) is 8.88. The van der Waals surface area contributed by atoms with E-state index < -0.39 is 0 Å². The summed E-state index contributed by atoms with van der Waals surface area (Å²) in [6.07, 6.45) is 0. The van der Waals surface area contributed by atoms with E-state index in [2.05, 4.69) is 26.8 Å². The molecule has 1 aliphatic heterocycles. The molecule has 0 aliphatic carbocycles. The van der Waals surface area contributed by atoms with Gasteiger partial charge in [0.25, 0.3) is 0 Å². The lowest BCUT2D eigenvalue weighted by molar-refractivity contribution is 0.0914. The van der Waals surface area contributed by atoms with E-state index in [0.29, 0.717) is 29.4 Å². The molecule has 0 aromatic heterocycles. The molecule has 1 heterocycles. The van der Waals surface area contributed by atoms with Crippen LogP contribution < -0.4 is 4.90 Å². The van der Waals surface area contributed by atoms with Gasteiger partial charge in [-0.3, -0.25) is 9.69 Å². The van der Waals surface area contributed by atoms with Gasteiger partial charge in [0.15, 0.2) is 11.5 Å². The molecule has 0 radical (unpaired) electrons. The van der Waals surface area contributed by atoms with Crippen molar-refractivity contribution in [3.63, 3.8) is 0 Å². The number of piperazine rings is 1. The first-order chi connectivity index (χ1) is 15.4. The predicted molar refractivity (Wildman–Crippen MR) is 131 cm³/mol. The molecular weight excluding hydrogens is 441 g/mol. The predicted octanol–water partition coefficient (Wildman–Crippen LogP) is 6.60. The minimum Gasteiger partial charge on any atom is -0.361 e. The molecule has 3 aromatic rings. The zero-order valence-corrected chi connectivity index (χ0v) is 19.3. The maximum atomic E-state index is 12.9. The zero-order valence-electron chi connectivity index (χ0n) is 17.8. The third kappa shape index (κ3) is 4.97. The van der Waals surface area contributed by atoms with E-state index in [-0.39, 0.29) is 11.8 Å². The van der Waals surface area contributed by atoms with Crippen LogP contribution in [0.15, 0.2) is 66.7 Å². The Bertz CT molecular complexity index is 1150. The van der Waals surface area contributed by atoms with Crippen molar-refractivity contribution in [2.75, 3.05) is 31.1 Å². The standard InChI is InChI=1S/C26H23Cl2N3O/c1-18-3-12-24(23(28)15-18)31-14-13-30(16-25(31)19-4-8-21(27)9-5-19)17-26(32)20-6-10-22(29-2)11-7-20/h3-12,15,25H,13-14,16-17H2,1H3/t25-/m0/s1. The Labute approximate surface area is 198 Å². The molecule has 1 aliphatic rings. The Balaban J connectivity index is 1.57. The molecule has 4 rings (SSSR count). The van der Waals surface area contributed by atoms with Crippen LogP contribution in [0.3, 0.4) is 0 Å². The first kappa shape index (κ1) is 22.4. The van der Waals surface area contributed by atoms with Crippen molar-refractivity contribution in [1.82, 2.24) is 4.90 Å².